The molecule has 1 aromatic carbocycles. The van der Waals surface area contributed by atoms with Crippen molar-refractivity contribution in [1.82, 2.24) is 20.1 Å². The summed E-state index contributed by atoms with van der Waals surface area (Å²) in [5.41, 5.74) is -3.06. The summed E-state index contributed by atoms with van der Waals surface area (Å²) in [6.07, 6.45) is 2.07. The molecule has 0 bridgehead atoms. The van der Waals surface area contributed by atoms with Crippen molar-refractivity contribution in [3.8, 4) is 5.75 Å². The lowest BCUT2D eigenvalue weighted by Crippen LogP contribution is -2.60. The largest absolute Gasteiger partial charge is 0.514 e. The number of likely N-dealkylation sites (N-methyl/N-ethyl adjacent to an activating group) is 1. The molecule has 0 aliphatic carbocycles. The topological polar surface area (TPSA) is 145 Å². The molecule has 2 aliphatic heterocycles. The van der Waals surface area contributed by atoms with Crippen LogP contribution in [0.1, 0.15) is 72.9 Å². The van der Waals surface area contributed by atoms with Gasteiger partial charge in [-0.15, -0.1) is 0 Å². The fourth-order valence-corrected chi connectivity index (χ4v) is 6.39. The van der Waals surface area contributed by atoms with Crippen LogP contribution in [0.15, 0.2) is 29.2 Å². The summed E-state index contributed by atoms with van der Waals surface area (Å²) in [6.45, 7) is 6.39. The number of hydrogen-bond donors (Lipinski definition) is 2. The molecule has 3 unspecified atom stereocenters. The van der Waals surface area contributed by atoms with Gasteiger partial charge in [0, 0.05) is 50.7 Å². The number of nitrogens with one attached hydrogen (secondary N) is 2. The van der Waals surface area contributed by atoms with Gasteiger partial charge in [-0.1, -0.05) is 13.0 Å². The van der Waals surface area contributed by atoms with Gasteiger partial charge in [-0.2, -0.15) is 0 Å². The van der Waals surface area contributed by atoms with E-state index < -0.39 is 64.7 Å². The van der Waals surface area contributed by atoms with Crippen LogP contribution in [-0.4, -0.2) is 79.2 Å². The van der Waals surface area contributed by atoms with Gasteiger partial charge in [0.25, 0.3) is 5.91 Å². The van der Waals surface area contributed by atoms with E-state index in [1.807, 2.05) is 18.9 Å². The number of aromatic nitrogens is 1. The van der Waals surface area contributed by atoms with Gasteiger partial charge < -0.3 is 34.3 Å². The van der Waals surface area contributed by atoms with Crippen molar-refractivity contribution in [3.63, 3.8) is 0 Å². The lowest BCUT2D eigenvalue weighted by Gasteiger charge is -2.47. The van der Waals surface area contributed by atoms with Crippen molar-refractivity contribution in [2.45, 2.75) is 70.7 Å². The Kier molecular flexibility index (Phi) is 11.3. The maximum atomic E-state index is 14.3. The van der Waals surface area contributed by atoms with E-state index in [-0.39, 0.29) is 29.6 Å². The van der Waals surface area contributed by atoms with Gasteiger partial charge in [-0.3, -0.25) is 19.2 Å². The van der Waals surface area contributed by atoms with Crippen molar-refractivity contribution < 1.29 is 42.2 Å². The Morgan fingerprint density at radius 2 is 1.91 bits per heavy atom. The molecule has 0 radical (unpaired) electrons. The number of amides is 2. The van der Waals surface area contributed by atoms with E-state index in [1.54, 1.807) is 6.92 Å². The van der Waals surface area contributed by atoms with Crippen LogP contribution in [0.3, 0.4) is 0 Å². The standard InChI is InChI=1S/C32H40F2N4O8/c1-19-6-5-11-37(4)18-32(19,20(2)36-21(3)40)38-16-25(30(42)35-15-22-7-8-23(33)14-26(22)34)28(41)29(27(38)17-39)46-31(43)45-24-9-12-44-13-10-24/h7-8,14,16-17,19-20,24H,5-6,9-13,15,18H2,1-4H3,(H,35,42)(H,36,40). The molecule has 2 fully saturated rings. The van der Waals surface area contributed by atoms with Crippen molar-refractivity contribution >= 4 is 24.3 Å². The van der Waals surface area contributed by atoms with E-state index in [4.69, 9.17) is 14.2 Å². The monoisotopic (exact) mass is 646 g/mol. The number of ether oxygens (including phenoxy) is 3. The zero-order valence-corrected chi connectivity index (χ0v) is 26.4. The summed E-state index contributed by atoms with van der Waals surface area (Å²) in [6, 6.07) is 2.21. The zero-order chi connectivity index (χ0) is 33.6. The van der Waals surface area contributed by atoms with Gasteiger partial charge in [0.15, 0.2) is 6.29 Å². The summed E-state index contributed by atoms with van der Waals surface area (Å²) in [7, 11) is 1.88. The summed E-state index contributed by atoms with van der Waals surface area (Å²) in [5, 5.41) is 5.39. The van der Waals surface area contributed by atoms with Gasteiger partial charge in [-0.05, 0) is 45.3 Å². The molecule has 12 nitrogen and oxygen atoms in total. The van der Waals surface area contributed by atoms with Crippen LogP contribution in [0.4, 0.5) is 13.6 Å². The highest BCUT2D eigenvalue weighted by molar-refractivity contribution is 5.95. The number of aldehydes is 1. The third-order valence-electron chi connectivity index (χ3n) is 8.80. The lowest BCUT2D eigenvalue weighted by atomic mass is 9.76. The lowest BCUT2D eigenvalue weighted by molar-refractivity contribution is -0.120. The van der Waals surface area contributed by atoms with Crippen LogP contribution >= 0.6 is 0 Å². The van der Waals surface area contributed by atoms with Gasteiger partial charge >= 0.3 is 6.16 Å². The minimum Gasteiger partial charge on any atom is -0.430 e. The van der Waals surface area contributed by atoms with Crippen molar-refractivity contribution in [2.24, 2.45) is 5.92 Å². The number of carbonyl (C=O) groups is 4. The SMILES string of the molecule is CC(=O)NC(C)C1(n2cc(C(=O)NCc3ccc(F)cc3F)c(=O)c(OC(=O)OC3CCOCC3)c2C=O)CN(C)CCCC1C. The first-order valence-corrected chi connectivity index (χ1v) is 15.3. The Bertz CT molecular complexity index is 1530. The second kappa shape index (κ2) is 14.9. The van der Waals surface area contributed by atoms with Gasteiger partial charge in [0.1, 0.15) is 29.0 Å². The minimum absolute atomic E-state index is 0.0362. The van der Waals surface area contributed by atoms with Crippen LogP contribution in [-0.2, 0) is 26.4 Å². The Hall–Kier alpha value is -4.17. The van der Waals surface area contributed by atoms with Gasteiger partial charge in [0.2, 0.25) is 17.1 Å². The molecule has 3 atom stereocenters. The van der Waals surface area contributed by atoms with Crippen LogP contribution in [0.25, 0.3) is 0 Å². The number of benzene rings is 1. The number of pyridine rings is 1. The Morgan fingerprint density at radius 3 is 2.57 bits per heavy atom. The molecule has 14 heteroatoms. The molecule has 3 heterocycles. The van der Waals surface area contributed by atoms with Crippen molar-refractivity contribution in [1.29, 1.82) is 0 Å². The second-order valence-corrected chi connectivity index (χ2v) is 12.0. The second-order valence-electron chi connectivity index (χ2n) is 12.0. The average molecular weight is 647 g/mol. The predicted octanol–water partition coefficient (Wildman–Crippen LogP) is 3.15. The van der Waals surface area contributed by atoms with E-state index in [0.717, 1.165) is 18.6 Å². The molecular weight excluding hydrogens is 606 g/mol. The number of nitrogens with zero attached hydrogens (tertiary/aromatic N) is 2. The van der Waals surface area contributed by atoms with E-state index >= 15 is 0 Å². The van der Waals surface area contributed by atoms with Crippen molar-refractivity contribution in [2.75, 3.05) is 33.4 Å². The number of carbonyl (C=O) groups excluding carboxylic acids is 4. The Labute approximate surface area is 265 Å². The Balaban J connectivity index is 1.87. The molecule has 1 aromatic heterocycles. The van der Waals surface area contributed by atoms with Gasteiger partial charge in [-0.25, -0.2) is 13.6 Å². The molecule has 2 N–H and O–H groups in total. The molecule has 2 aromatic rings. The Morgan fingerprint density at radius 1 is 1.20 bits per heavy atom. The summed E-state index contributed by atoms with van der Waals surface area (Å²) < 4.78 is 45.3. The van der Waals surface area contributed by atoms with E-state index in [9.17, 15) is 32.8 Å². The smallest absolute Gasteiger partial charge is 0.430 e. The highest BCUT2D eigenvalue weighted by Crippen LogP contribution is 2.39. The van der Waals surface area contributed by atoms with Crippen LogP contribution in [0.5, 0.6) is 5.75 Å². The first-order valence-electron chi connectivity index (χ1n) is 15.3. The van der Waals surface area contributed by atoms with Crippen molar-refractivity contribution in [3.05, 3.63) is 63.1 Å². The number of likely N-dealkylation sites (tertiary alicyclic amines) is 1. The van der Waals surface area contributed by atoms with Gasteiger partial charge in [0.05, 0.1) is 24.8 Å². The summed E-state index contributed by atoms with van der Waals surface area (Å²) in [5.74, 6) is -3.94. The predicted molar refractivity (Wildman–Crippen MR) is 162 cm³/mol. The summed E-state index contributed by atoms with van der Waals surface area (Å²) in [4.78, 5) is 67.6. The highest BCUT2D eigenvalue weighted by atomic mass is 19.1. The number of hydrogen-bond acceptors (Lipinski definition) is 9. The van der Waals surface area contributed by atoms with Crippen LogP contribution in [0.2, 0.25) is 0 Å². The van der Waals surface area contributed by atoms with Crippen LogP contribution < -0.4 is 20.8 Å². The molecule has 2 amide bonds. The molecule has 0 spiro atoms. The first-order chi connectivity index (χ1) is 21.9. The third-order valence-corrected chi connectivity index (χ3v) is 8.80. The van der Waals surface area contributed by atoms with E-state index in [2.05, 4.69) is 10.6 Å². The third kappa shape index (κ3) is 7.61. The maximum Gasteiger partial charge on any atom is 0.514 e. The van der Waals surface area contributed by atoms with E-state index in [1.165, 1.54) is 17.7 Å². The molecule has 2 saturated heterocycles. The number of halogens is 2. The molecule has 250 valence electrons. The molecule has 46 heavy (non-hydrogen) atoms. The fourth-order valence-electron chi connectivity index (χ4n) is 6.39. The maximum absolute atomic E-state index is 14.3. The first kappa shape index (κ1) is 34.7. The number of rotatable bonds is 9. The molecule has 2 aliphatic rings. The quantitative estimate of drug-likeness (QED) is 0.310. The average Bonchev–Trinajstić information content (AvgIpc) is 3.15. The van der Waals surface area contributed by atoms with Crippen LogP contribution in [0, 0.1) is 17.6 Å². The van der Waals surface area contributed by atoms with E-state index in [0.29, 0.717) is 51.4 Å². The molecular formula is C32H40F2N4O8. The fraction of sp³-hybridized carbons (Fsp3) is 0.531. The molecule has 0 saturated carbocycles. The summed E-state index contributed by atoms with van der Waals surface area (Å²) >= 11 is 0. The zero-order valence-electron chi connectivity index (χ0n) is 26.4. The molecule has 4 rings (SSSR count). The normalized spacial score (nSPS) is 21.5. The highest BCUT2D eigenvalue weighted by Gasteiger charge is 2.47. The minimum atomic E-state index is -1.24.